The van der Waals surface area contributed by atoms with Gasteiger partial charge in [-0.15, -0.1) is 0 Å². The highest BCUT2D eigenvalue weighted by Gasteiger charge is 2.18. The maximum Gasteiger partial charge on any atom is 0.233 e. The van der Waals surface area contributed by atoms with Gasteiger partial charge >= 0.3 is 0 Å². The lowest BCUT2D eigenvalue weighted by atomic mass is 10.3. The molecule has 0 spiro atoms. The molecule has 1 aromatic rings. The van der Waals surface area contributed by atoms with Crippen LogP contribution in [0.4, 0.5) is 0 Å². The van der Waals surface area contributed by atoms with Crippen LogP contribution in [0.2, 0.25) is 0 Å². The number of hydrogen-bond donors (Lipinski definition) is 0. The predicted octanol–water partition coefficient (Wildman–Crippen LogP) is 4.21. The van der Waals surface area contributed by atoms with Gasteiger partial charge < -0.3 is 9.05 Å². The third-order valence-electron chi connectivity index (χ3n) is 1.67. The zero-order valence-corrected chi connectivity index (χ0v) is 10.7. The van der Waals surface area contributed by atoms with Crippen LogP contribution in [0.1, 0.15) is 27.7 Å². The van der Waals surface area contributed by atoms with E-state index in [0.717, 1.165) is 5.75 Å². The molecule has 0 fully saturated rings. The third kappa shape index (κ3) is 4.63. The van der Waals surface area contributed by atoms with Crippen molar-refractivity contribution in [1.29, 1.82) is 0 Å². The molecule has 84 valence electrons. The Morgan fingerprint density at radius 1 is 1.00 bits per heavy atom. The highest BCUT2D eigenvalue weighted by molar-refractivity contribution is 7.48. The van der Waals surface area contributed by atoms with Crippen molar-refractivity contribution in [3.63, 3.8) is 0 Å². The minimum absolute atomic E-state index is 0.210. The second kappa shape index (κ2) is 6.09. The minimum atomic E-state index is -0.835. The van der Waals surface area contributed by atoms with Gasteiger partial charge in [0.2, 0.25) is 8.38 Å². The molecule has 0 aliphatic rings. The molecule has 1 unspecified atom stereocenters. The molecule has 0 saturated heterocycles. The molecule has 0 saturated carbocycles. The molecular formula is C12H19O2P. The fraction of sp³-hybridized carbons (Fsp3) is 0.500. The molecule has 0 aromatic heterocycles. The summed E-state index contributed by atoms with van der Waals surface area (Å²) in [5.74, 6) is 0.887. The molecule has 2 nitrogen and oxygen atoms in total. The molecule has 1 aromatic carbocycles. The summed E-state index contributed by atoms with van der Waals surface area (Å²) in [6, 6.07) is 9.84. The zero-order valence-electron chi connectivity index (χ0n) is 9.81. The van der Waals surface area contributed by atoms with Gasteiger partial charge in [-0.1, -0.05) is 32.0 Å². The number of para-hydroxylation sites is 1. The van der Waals surface area contributed by atoms with Gasteiger partial charge in [0.1, 0.15) is 5.75 Å². The standard InChI is InChI=1S/C12H19O2P/c1-10(2)13-15(11(3)4)14-12-8-6-5-7-9-12/h5-11H,1-4H3. The average molecular weight is 226 g/mol. The van der Waals surface area contributed by atoms with E-state index in [-0.39, 0.29) is 6.10 Å². The zero-order chi connectivity index (χ0) is 11.3. The van der Waals surface area contributed by atoms with E-state index in [4.69, 9.17) is 9.05 Å². The molecule has 1 rings (SSSR count). The van der Waals surface area contributed by atoms with Gasteiger partial charge in [0, 0.05) is 5.66 Å². The van der Waals surface area contributed by atoms with E-state index in [2.05, 4.69) is 13.8 Å². The summed E-state index contributed by atoms with van der Waals surface area (Å²) in [5.41, 5.74) is 0.405. The molecule has 0 bridgehead atoms. The summed E-state index contributed by atoms with van der Waals surface area (Å²) in [4.78, 5) is 0. The molecular weight excluding hydrogens is 207 g/mol. The molecule has 1 atom stereocenters. The summed E-state index contributed by atoms with van der Waals surface area (Å²) in [5, 5.41) is 0. The number of benzene rings is 1. The second-order valence-corrected chi connectivity index (χ2v) is 5.93. The van der Waals surface area contributed by atoms with E-state index in [1.54, 1.807) is 0 Å². The number of hydrogen-bond acceptors (Lipinski definition) is 2. The molecule has 0 heterocycles. The van der Waals surface area contributed by atoms with Gasteiger partial charge in [0.15, 0.2) is 0 Å². The van der Waals surface area contributed by atoms with E-state index in [0.29, 0.717) is 5.66 Å². The largest absolute Gasteiger partial charge is 0.447 e. The fourth-order valence-corrected chi connectivity index (χ4v) is 2.28. The highest BCUT2D eigenvalue weighted by Crippen LogP contribution is 2.44. The molecule has 0 amide bonds. The smallest absolute Gasteiger partial charge is 0.233 e. The average Bonchev–Trinajstić information content (AvgIpc) is 2.17. The van der Waals surface area contributed by atoms with Crippen molar-refractivity contribution in [1.82, 2.24) is 0 Å². The molecule has 0 aliphatic heterocycles. The lowest BCUT2D eigenvalue weighted by Gasteiger charge is -2.23. The molecule has 15 heavy (non-hydrogen) atoms. The third-order valence-corrected chi connectivity index (χ3v) is 3.54. The van der Waals surface area contributed by atoms with Crippen molar-refractivity contribution in [2.75, 3.05) is 0 Å². The van der Waals surface area contributed by atoms with Crippen molar-refractivity contribution in [2.45, 2.75) is 39.5 Å². The van der Waals surface area contributed by atoms with Gasteiger partial charge in [0.25, 0.3) is 0 Å². The van der Waals surface area contributed by atoms with Crippen LogP contribution in [0, 0.1) is 0 Å². The van der Waals surface area contributed by atoms with E-state index < -0.39 is 8.38 Å². The molecule has 0 radical (unpaired) electrons. The lowest BCUT2D eigenvalue weighted by Crippen LogP contribution is -2.08. The van der Waals surface area contributed by atoms with Crippen LogP contribution in [0.25, 0.3) is 0 Å². The Kier molecular flexibility index (Phi) is 5.07. The quantitative estimate of drug-likeness (QED) is 0.700. The van der Waals surface area contributed by atoms with Crippen molar-refractivity contribution in [2.24, 2.45) is 0 Å². The minimum Gasteiger partial charge on any atom is -0.447 e. The van der Waals surface area contributed by atoms with Crippen LogP contribution in [0.5, 0.6) is 5.75 Å². The normalized spacial score (nSPS) is 13.2. The van der Waals surface area contributed by atoms with Crippen molar-refractivity contribution >= 4 is 8.38 Å². The van der Waals surface area contributed by atoms with E-state index in [1.165, 1.54) is 0 Å². The SMILES string of the molecule is CC(C)OP(Oc1ccccc1)C(C)C. The van der Waals surface area contributed by atoms with Crippen molar-refractivity contribution in [3.05, 3.63) is 30.3 Å². The van der Waals surface area contributed by atoms with Crippen LogP contribution in [-0.2, 0) is 4.52 Å². The van der Waals surface area contributed by atoms with Crippen LogP contribution in [-0.4, -0.2) is 11.8 Å². The van der Waals surface area contributed by atoms with Gasteiger partial charge in [-0.2, -0.15) is 0 Å². The van der Waals surface area contributed by atoms with E-state index in [1.807, 2.05) is 44.2 Å². The van der Waals surface area contributed by atoms with Crippen LogP contribution < -0.4 is 4.52 Å². The van der Waals surface area contributed by atoms with Gasteiger partial charge in [-0.25, -0.2) is 0 Å². The van der Waals surface area contributed by atoms with Crippen LogP contribution >= 0.6 is 8.38 Å². The van der Waals surface area contributed by atoms with E-state index >= 15 is 0 Å². The van der Waals surface area contributed by atoms with Crippen LogP contribution in [0.3, 0.4) is 0 Å². The fourth-order valence-electron chi connectivity index (χ4n) is 1.04. The first-order valence-corrected chi connectivity index (χ1v) is 6.53. The van der Waals surface area contributed by atoms with Gasteiger partial charge in [-0.05, 0) is 26.0 Å². The monoisotopic (exact) mass is 226 g/mol. The summed E-state index contributed by atoms with van der Waals surface area (Å²) in [7, 11) is -0.835. The van der Waals surface area contributed by atoms with Gasteiger partial charge in [0.05, 0.1) is 6.10 Å². The summed E-state index contributed by atoms with van der Waals surface area (Å²) < 4.78 is 11.6. The summed E-state index contributed by atoms with van der Waals surface area (Å²) in [6.07, 6.45) is 0.210. The Morgan fingerprint density at radius 3 is 2.07 bits per heavy atom. The second-order valence-electron chi connectivity index (χ2n) is 3.94. The van der Waals surface area contributed by atoms with Crippen molar-refractivity contribution < 1.29 is 9.05 Å². The van der Waals surface area contributed by atoms with Crippen molar-refractivity contribution in [3.8, 4) is 5.75 Å². The molecule has 0 aliphatic carbocycles. The Balaban J connectivity index is 2.59. The molecule has 0 N–H and O–H groups in total. The maximum absolute atomic E-state index is 5.83. The summed E-state index contributed by atoms with van der Waals surface area (Å²) in [6.45, 7) is 8.31. The van der Waals surface area contributed by atoms with E-state index in [9.17, 15) is 0 Å². The predicted molar refractivity (Wildman–Crippen MR) is 65.3 cm³/mol. The first-order chi connectivity index (χ1) is 7.09. The summed E-state index contributed by atoms with van der Waals surface area (Å²) >= 11 is 0. The van der Waals surface area contributed by atoms with Crippen LogP contribution in [0.15, 0.2) is 30.3 Å². The molecule has 3 heteroatoms. The lowest BCUT2D eigenvalue weighted by molar-refractivity contribution is 0.240. The van der Waals surface area contributed by atoms with Gasteiger partial charge in [-0.3, -0.25) is 0 Å². The Bertz CT molecular complexity index is 272. The Hall–Kier alpha value is -0.590. The maximum atomic E-state index is 5.83. The highest BCUT2D eigenvalue weighted by atomic mass is 31.2. The first kappa shape index (κ1) is 12.5. The topological polar surface area (TPSA) is 18.5 Å². The Morgan fingerprint density at radius 2 is 1.60 bits per heavy atom. The first-order valence-electron chi connectivity index (χ1n) is 5.28. The number of rotatable bonds is 5. The Labute approximate surface area is 93.5 Å².